The Morgan fingerprint density at radius 2 is 0.982 bits per heavy atom. The van der Waals surface area contributed by atoms with Crippen LogP contribution in [0, 0.1) is 0 Å². The van der Waals surface area contributed by atoms with Gasteiger partial charge in [-0.15, -0.1) is 11.3 Å². The van der Waals surface area contributed by atoms with Crippen LogP contribution in [0.15, 0.2) is 182 Å². The Bertz CT molecular complexity index is 3480. The average Bonchev–Trinajstić information content (AvgIpc) is 3.91. The van der Waals surface area contributed by atoms with Crippen LogP contribution >= 0.6 is 11.3 Å². The first kappa shape index (κ1) is 30.4. The minimum atomic E-state index is 0.672. The van der Waals surface area contributed by atoms with E-state index >= 15 is 0 Å². The Morgan fingerprint density at radius 3 is 1.78 bits per heavy atom. The van der Waals surface area contributed by atoms with Crippen molar-refractivity contribution in [2.24, 2.45) is 0 Å². The maximum atomic E-state index is 5.40. The van der Waals surface area contributed by atoms with Crippen molar-refractivity contribution in [3.63, 3.8) is 0 Å². The molecule has 256 valence electrons. The SMILES string of the molecule is c1ccc(-c2nc(-n3c4ccc(-c5ccc6c(c5)c5ccccc5n6-c5ccccc5)cc4c4ccc5c6ccccc6sc5c43)nc3ccccc23)cc1. The highest BCUT2D eigenvalue weighted by Gasteiger charge is 2.22. The number of benzene rings is 8. The van der Waals surface area contributed by atoms with Crippen molar-refractivity contribution in [3.05, 3.63) is 182 Å². The number of thiophene rings is 1. The molecule has 12 rings (SSSR count). The lowest BCUT2D eigenvalue weighted by molar-refractivity contribution is 1.02. The molecular weight excluding hydrogens is 689 g/mol. The molecule has 4 heterocycles. The molecule has 0 fully saturated rings. The number of rotatable bonds is 4. The van der Waals surface area contributed by atoms with E-state index < -0.39 is 0 Å². The van der Waals surface area contributed by atoms with Gasteiger partial charge in [-0.1, -0.05) is 127 Å². The van der Waals surface area contributed by atoms with Crippen LogP contribution in [0.25, 0.3) is 109 Å². The molecule has 0 bridgehead atoms. The van der Waals surface area contributed by atoms with Gasteiger partial charge in [-0.25, -0.2) is 9.97 Å². The summed E-state index contributed by atoms with van der Waals surface area (Å²) in [4.78, 5) is 10.7. The second-order valence-electron chi connectivity index (χ2n) is 14.2. The van der Waals surface area contributed by atoms with E-state index in [2.05, 4.69) is 191 Å². The number of aromatic nitrogens is 4. The highest BCUT2D eigenvalue weighted by Crippen LogP contribution is 2.44. The number of para-hydroxylation sites is 3. The van der Waals surface area contributed by atoms with Crippen molar-refractivity contribution in [2.45, 2.75) is 0 Å². The Labute approximate surface area is 319 Å². The zero-order valence-corrected chi connectivity index (χ0v) is 30.3. The van der Waals surface area contributed by atoms with Gasteiger partial charge in [0.2, 0.25) is 5.95 Å². The van der Waals surface area contributed by atoms with E-state index in [0.717, 1.165) is 38.9 Å². The first-order valence-electron chi connectivity index (χ1n) is 18.6. The molecule has 0 aliphatic heterocycles. The first-order valence-corrected chi connectivity index (χ1v) is 19.4. The van der Waals surface area contributed by atoms with Crippen LogP contribution in [-0.4, -0.2) is 19.1 Å². The van der Waals surface area contributed by atoms with Crippen molar-refractivity contribution in [2.75, 3.05) is 0 Å². The zero-order chi connectivity index (χ0) is 36.0. The van der Waals surface area contributed by atoms with E-state index in [9.17, 15) is 0 Å². The quantitative estimate of drug-likeness (QED) is 0.182. The van der Waals surface area contributed by atoms with Crippen LogP contribution in [-0.2, 0) is 0 Å². The summed E-state index contributed by atoms with van der Waals surface area (Å²) in [6, 6.07) is 65.3. The third-order valence-corrected chi connectivity index (χ3v) is 12.3. The van der Waals surface area contributed by atoms with Crippen LogP contribution in [0.3, 0.4) is 0 Å². The number of fused-ring (bicyclic) bond motifs is 11. The van der Waals surface area contributed by atoms with Crippen molar-refractivity contribution >= 4 is 86.0 Å². The maximum Gasteiger partial charge on any atom is 0.235 e. The van der Waals surface area contributed by atoms with Gasteiger partial charge >= 0.3 is 0 Å². The monoisotopic (exact) mass is 718 g/mol. The highest BCUT2D eigenvalue weighted by atomic mass is 32.1. The van der Waals surface area contributed by atoms with Gasteiger partial charge in [0.05, 0.1) is 38.0 Å². The highest BCUT2D eigenvalue weighted by molar-refractivity contribution is 7.26. The number of nitrogens with zero attached hydrogens (tertiary/aromatic N) is 4. The average molecular weight is 719 g/mol. The lowest BCUT2D eigenvalue weighted by Crippen LogP contribution is -2.03. The predicted molar refractivity (Wildman–Crippen MR) is 232 cm³/mol. The molecule has 8 aromatic carbocycles. The summed E-state index contributed by atoms with van der Waals surface area (Å²) in [5, 5.41) is 8.42. The van der Waals surface area contributed by atoms with Gasteiger partial charge < -0.3 is 4.57 Å². The topological polar surface area (TPSA) is 35.6 Å². The third-order valence-electron chi connectivity index (χ3n) is 11.1. The molecule has 4 nitrogen and oxygen atoms in total. The molecule has 0 aliphatic carbocycles. The van der Waals surface area contributed by atoms with Gasteiger partial charge in [-0.2, -0.15) is 0 Å². The van der Waals surface area contributed by atoms with E-state index in [1.165, 1.54) is 63.9 Å². The minimum Gasteiger partial charge on any atom is -0.309 e. The Morgan fingerprint density at radius 1 is 0.382 bits per heavy atom. The molecule has 0 amide bonds. The maximum absolute atomic E-state index is 5.40. The largest absolute Gasteiger partial charge is 0.309 e. The second kappa shape index (κ2) is 11.7. The second-order valence-corrected chi connectivity index (χ2v) is 15.2. The fraction of sp³-hybridized carbons (Fsp3) is 0. The Hall–Kier alpha value is -7.08. The number of hydrogen-bond donors (Lipinski definition) is 0. The fourth-order valence-electron chi connectivity index (χ4n) is 8.66. The predicted octanol–water partition coefficient (Wildman–Crippen LogP) is 13.5. The van der Waals surface area contributed by atoms with Crippen LogP contribution in [0.2, 0.25) is 0 Å². The Kier molecular flexibility index (Phi) is 6.47. The molecule has 5 heteroatoms. The fourth-order valence-corrected chi connectivity index (χ4v) is 9.90. The van der Waals surface area contributed by atoms with Crippen molar-refractivity contribution in [1.29, 1.82) is 0 Å². The summed E-state index contributed by atoms with van der Waals surface area (Å²) in [6.45, 7) is 0. The van der Waals surface area contributed by atoms with Crippen LogP contribution < -0.4 is 0 Å². The smallest absolute Gasteiger partial charge is 0.235 e. The zero-order valence-electron chi connectivity index (χ0n) is 29.5. The first-order chi connectivity index (χ1) is 27.3. The van der Waals surface area contributed by atoms with Gasteiger partial charge in [-0.3, -0.25) is 4.57 Å². The van der Waals surface area contributed by atoms with Crippen LogP contribution in [0.5, 0.6) is 0 Å². The summed E-state index contributed by atoms with van der Waals surface area (Å²) < 4.78 is 7.19. The van der Waals surface area contributed by atoms with Gasteiger partial charge in [0.25, 0.3) is 0 Å². The van der Waals surface area contributed by atoms with E-state index in [-0.39, 0.29) is 0 Å². The molecule has 4 aromatic heterocycles. The molecule has 0 spiro atoms. The van der Waals surface area contributed by atoms with Gasteiger partial charge in [0, 0.05) is 53.7 Å². The molecule has 0 aliphatic rings. The molecule has 0 saturated heterocycles. The summed E-state index contributed by atoms with van der Waals surface area (Å²) in [7, 11) is 0. The number of hydrogen-bond acceptors (Lipinski definition) is 3. The summed E-state index contributed by atoms with van der Waals surface area (Å²) in [5.74, 6) is 0.672. The minimum absolute atomic E-state index is 0.672. The van der Waals surface area contributed by atoms with E-state index in [1.54, 1.807) is 0 Å². The lowest BCUT2D eigenvalue weighted by atomic mass is 10.0. The molecular formula is C50H30N4S. The van der Waals surface area contributed by atoms with E-state index in [1.807, 2.05) is 11.3 Å². The lowest BCUT2D eigenvalue weighted by Gasteiger charge is -2.12. The molecule has 0 atom stereocenters. The van der Waals surface area contributed by atoms with Gasteiger partial charge in [0.15, 0.2) is 0 Å². The summed E-state index contributed by atoms with van der Waals surface area (Å²) in [6.07, 6.45) is 0. The van der Waals surface area contributed by atoms with Gasteiger partial charge in [0.1, 0.15) is 0 Å². The standard InChI is InChI=1S/C50H30N4S/c1-3-13-31(14-4-1)47-39-19-7-10-20-42(39)51-50(52-47)54-45-28-24-33(30-41(45)37-25-26-38-36-18-9-12-22-46(36)55-49(38)48(37)54)32-23-27-44-40(29-32)35-17-8-11-21-43(35)53(44)34-15-5-2-6-16-34/h1-30H. The Balaban J connectivity index is 1.14. The van der Waals surface area contributed by atoms with E-state index in [4.69, 9.17) is 9.97 Å². The van der Waals surface area contributed by atoms with Gasteiger partial charge in [-0.05, 0) is 65.7 Å². The summed E-state index contributed by atoms with van der Waals surface area (Å²) in [5.41, 5.74) is 11.1. The molecule has 0 unspecified atom stereocenters. The van der Waals surface area contributed by atoms with Crippen LogP contribution in [0.4, 0.5) is 0 Å². The molecule has 0 saturated carbocycles. The molecule has 0 N–H and O–H groups in total. The van der Waals surface area contributed by atoms with E-state index in [0.29, 0.717) is 5.95 Å². The molecule has 55 heavy (non-hydrogen) atoms. The molecule has 12 aromatic rings. The normalized spacial score (nSPS) is 12.0. The summed E-state index contributed by atoms with van der Waals surface area (Å²) >= 11 is 1.84. The molecule has 0 radical (unpaired) electrons. The van der Waals surface area contributed by atoms with Crippen molar-refractivity contribution in [1.82, 2.24) is 19.1 Å². The van der Waals surface area contributed by atoms with Crippen molar-refractivity contribution in [3.8, 4) is 34.0 Å². The van der Waals surface area contributed by atoms with Crippen molar-refractivity contribution < 1.29 is 0 Å². The van der Waals surface area contributed by atoms with Crippen LogP contribution in [0.1, 0.15) is 0 Å². The third kappa shape index (κ3) is 4.51.